The fraction of sp³-hybridized carbons (Fsp3) is 0.480. The van der Waals surface area contributed by atoms with Gasteiger partial charge >= 0.3 is 0 Å². The third-order valence-corrected chi connectivity index (χ3v) is 12.5. The maximum absolute atomic E-state index is 15.3. The number of quaternary nitrogens is 1. The molecule has 5 rings (SSSR count). The van der Waals surface area contributed by atoms with E-state index in [2.05, 4.69) is 37.1 Å². The summed E-state index contributed by atoms with van der Waals surface area (Å²) >= 11 is 8.28. The molecular weight excluding hydrogens is 532 g/mol. The van der Waals surface area contributed by atoms with Crippen LogP contribution in [-0.4, -0.2) is 69.6 Å². The minimum absolute atomic E-state index is 0.136. The van der Waals surface area contributed by atoms with Gasteiger partial charge < -0.3 is 10.6 Å². The highest BCUT2D eigenvalue weighted by atomic mass is 35.5. The maximum Gasteiger partial charge on any atom is 0.229 e. The van der Waals surface area contributed by atoms with Crippen molar-refractivity contribution in [2.45, 2.75) is 38.6 Å². The van der Waals surface area contributed by atoms with Gasteiger partial charge in [-0.15, -0.1) is 11.4 Å². The molecule has 4 heterocycles. The number of nitrogens with one attached hydrogen (secondary N) is 3. The molecule has 8 nitrogen and oxygen atoms in total. The summed E-state index contributed by atoms with van der Waals surface area (Å²) < 4.78 is 16.1. The molecule has 198 valence electrons. The predicted molar refractivity (Wildman–Crippen MR) is 151 cm³/mol. The summed E-state index contributed by atoms with van der Waals surface area (Å²) in [7, 11) is 1.98. The topological polar surface area (TPSA) is 87.8 Å². The van der Waals surface area contributed by atoms with E-state index in [1.807, 2.05) is 44.5 Å². The fourth-order valence-corrected chi connectivity index (χ4v) is 9.14. The van der Waals surface area contributed by atoms with E-state index in [-0.39, 0.29) is 18.9 Å². The molecule has 12 heteroatoms. The Bertz CT molecular complexity index is 1260. The van der Waals surface area contributed by atoms with Crippen LogP contribution in [0.5, 0.6) is 0 Å². The van der Waals surface area contributed by atoms with Crippen molar-refractivity contribution >= 4 is 53.4 Å². The Morgan fingerprint density at radius 1 is 1.19 bits per heavy atom. The Labute approximate surface area is 227 Å². The number of H-pyrrole nitrogens is 1. The van der Waals surface area contributed by atoms with E-state index in [1.165, 1.54) is 18.5 Å². The number of piperidine rings is 1. The summed E-state index contributed by atoms with van der Waals surface area (Å²) in [5, 5.41) is 13.4. The van der Waals surface area contributed by atoms with Gasteiger partial charge in [-0.05, 0) is 56.4 Å². The van der Waals surface area contributed by atoms with Crippen molar-refractivity contribution < 1.29 is 13.9 Å². The maximum atomic E-state index is 15.3. The zero-order valence-electron chi connectivity index (χ0n) is 21.5. The van der Waals surface area contributed by atoms with E-state index in [4.69, 9.17) is 16.4 Å². The predicted octanol–water partition coefficient (Wildman–Crippen LogP) is 6.49. The molecule has 3 N–H and O–H groups in total. The number of hydrogen-bond acceptors (Lipinski definition) is 7. The number of nitrogens with zero attached hydrogens (tertiary/aromatic N) is 4. The van der Waals surface area contributed by atoms with Crippen LogP contribution in [-0.2, 0) is 4.84 Å². The average molecular weight is 565 g/mol. The number of aryl methyl sites for hydroxylation is 2. The van der Waals surface area contributed by atoms with Gasteiger partial charge in [0.15, 0.2) is 11.6 Å². The number of likely N-dealkylation sites (tertiary alicyclic amines) is 1. The Morgan fingerprint density at radius 2 is 1.95 bits per heavy atom. The normalized spacial score (nSPS) is 25.5. The van der Waals surface area contributed by atoms with Crippen molar-refractivity contribution in [1.29, 1.82) is 0 Å². The van der Waals surface area contributed by atoms with Crippen molar-refractivity contribution in [3.05, 3.63) is 52.1 Å². The van der Waals surface area contributed by atoms with Crippen LogP contribution >= 0.6 is 30.1 Å². The summed E-state index contributed by atoms with van der Waals surface area (Å²) in [4.78, 5) is 14.7. The van der Waals surface area contributed by atoms with Crippen molar-refractivity contribution in [1.82, 2.24) is 20.2 Å². The molecule has 0 saturated carbocycles. The van der Waals surface area contributed by atoms with Gasteiger partial charge in [0.25, 0.3) is 0 Å². The van der Waals surface area contributed by atoms with E-state index >= 15 is 4.39 Å². The molecule has 0 radical (unpaired) electrons. The van der Waals surface area contributed by atoms with E-state index in [1.54, 1.807) is 6.07 Å². The zero-order valence-corrected chi connectivity index (χ0v) is 24.0. The van der Waals surface area contributed by atoms with Gasteiger partial charge in [-0.2, -0.15) is 14.7 Å². The molecule has 0 amide bonds. The van der Waals surface area contributed by atoms with E-state index in [0.717, 1.165) is 47.4 Å². The van der Waals surface area contributed by atoms with Crippen molar-refractivity contribution in [3.8, 4) is 0 Å². The highest BCUT2D eigenvalue weighted by Gasteiger charge is 2.49. The van der Waals surface area contributed by atoms with Gasteiger partial charge in [-0.1, -0.05) is 11.6 Å². The number of rotatable bonds is 8. The van der Waals surface area contributed by atoms with Crippen LogP contribution in [0.25, 0.3) is 0 Å². The lowest BCUT2D eigenvalue weighted by molar-refractivity contribution is -1.12. The van der Waals surface area contributed by atoms with Crippen LogP contribution in [0.1, 0.15) is 35.6 Å². The molecule has 2 aliphatic rings. The molecule has 2 saturated heterocycles. The number of halogens is 2. The summed E-state index contributed by atoms with van der Waals surface area (Å²) in [5.41, 5.74) is 3.37. The molecule has 3 aromatic rings. The van der Waals surface area contributed by atoms with Crippen LogP contribution < -0.4 is 10.6 Å². The molecule has 0 atom stereocenters. The molecule has 2 aromatic heterocycles. The first-order valence-electron chi connectivity index (χ1n) is 12.4. The summed E-state index contributed by atoms with van der Waals surface area (Å²) in [6.07, 6.45) is 8.26. The van der Waals surface area contributed by atoms with Crippen LogP contribution in [0, 0.1) is 19.7 Å². The zero-order chi connectivity index (χ0) is 26.2. The number of anilines is 4. The van der Waals surface area contributed by atoms with Crippen LogP contribution in [0.4, 0.5) is 27.7 Å². The SMILES string of the molecule is CO[N+]1(C2CP(SC)C2)CCC(c2cc(F)c(Nc3ncc(Cl)c(Nc4cc(C)[nH]n4)n3)cc2C)CC1. The van der Waals surface area contributed by atoms with E-state index in [0.29, 0.717) is 34.3 Å². The minimum Gasteiger partial charge on any atom is -0.322 e. The first kappa shape index (κ1) is 26.6. The highest BCUT2D eigenvalue weighted by Crippen LogP contribution is 2.59. The molecule has 1 aromatic carbocycles. The van der Waals surface area contributed by atoms with Crippen LogP contribution in [0.3, 0.4) is 0 Å². The molecular formula is C25H33ClFN7OPS+. The molecule has 0 bridgehead atoms. The third kappa shape index (κ3) is 5.59. The second-order valence-electron chi connectivity index (χ2n) is 9.80. The minimum atomic E-state index is -0.320. The Kier molecular flexibility index (Phi) is 7.93. The van der Waals surface area contributed by atoms with Crippen molar-refractivity contribution in [2.75, 3.05) is 49.4 Å². The molecule has 2 fully saturated rings. The molecule has 37 heavy (non-hydrogen) atoms. The van der Waals surface area contributed by atoms with Gasteiger partial charge in [0.2, 0.25) is 5.95 Å². The third-order valence-electron chi connectivity index (χ3n) is 7.57. The highest BCUT2D eigenvalue weighted by molar-refractivity contribution is 8.55. The smallest absolute Gasteiger partial charge is 0.229 e. The monoisotopic (exact) mass is 564 g/mol. The van der Waals surface area contributed by atoms with Gasteiger partial charge in [-0.25, -0.2) is 14.2 Å². The summed E-state index contributed by atoms with van der Waals surface area (Å²) in [5.74, 6) is 1.22. The van der Waals surface area contributed by atoms with Gasteiger partial charge in [0.05, 0.1) is 19.0 Å². The average Bonchev–Trinajstić information content (AvgIpc) is 3.27. The number of hydrogen-bond donors (Lipinski definition) is 3. The second kappa shape index (κ2) is 11.0. The Hall–Kier alpha value is -1.97. The Balaban J connectivity index is 1.27. The van der Waals surface area contributed by atoms with E-state index in [9.17, 15) is 0 Å². The lowest BCUT2D eigenvalue weighted by Gasteiger charge is -2.50. The number of aromatic amines is 1. The number of benzene rings is 1. The lowest BCUT2D eigenvalue weighted by atomic mass is 9.86. The lowest BCUT2D eigenvalue weighted by Crippen LogP contribution is -2.63. The van der Waals surface area contributed by atoms with Gasteiger partial charge in [0, 0.05) is 36.9 Å². The van der Waals surface area contributed by atoms with Gasteiger partial charge in [-0.3, -0.25) is 5.10 Å². The molecule has 0 spiro atoms. The fourth-order valence-electron chi connectivity index (χ4n) is 5.35. The number of hydroxylamine groups is 3. The van der Waals surface area contributed by atoms with Gasteiger partial charge in [0.1, 0.15) is 30.0 Å². The second-order valence-corrected chi connectivity index (χ2v) is 14.9. The molecule has 0 unspecified atom stereocenters. The summed E-state index contributed by atoms with van der Waals surface area (Å²) in [6.45, 7) is 5.90. The first-order valence-corrected chi connectivity index (χ1v) is 16.3. The van der Waals surface area contributed by atoms with Crippen LogP contribution in [0.15, 0.2) is 24.4 Å². The summed E-state index contributed by atoms with van der Waals surface area (Å²) in [6, 6.07) is 5.97. The quantitative estimate of drug-likeness (QED) is 0.213. The Morgan fingerprint density at radius 3 is 2.59 bits per heavy atom. The van der Waals surface area contributed by atoms with E-state index < -0.39 is 0 Å². The van der Waals surface area contributed by atoms with Crippen LogP contribution in [0.2, 0.25) is 5.02 Å². The molecule has 0 aliphatic carbocycles. The van der Waals surface area contributed by atoms with Crippen molar-refractivity contribution in [3.63, 3.8) is 0 Å². The standard InChI is InChI=1S/C25H33ClFN7OPS/c1-15-9-22(29-25-28-12-20(26)24(31-25)30-23-10-16(2)32-33-23)21(27)11-19(15)17-5-7-34(35-3,8-6-17)18-13-36(14-18)37-4/h9-12,17-18H,5-8,13-14H2,1-4H3,(H3,28,29,30,31,32,33)/q+1. The number of aromatic nitrogens is 4. The van der Waals surface area contributed by atoms with Crippen molar-refractivity contribution in [2.24, 2.45) is 0 Å². The molecule has 2 aliphatic heterocycles. The largest absolute Gasteiger partial charge is 0.322 e. The first-order chi connectivity index (χ1) is 17.8.